The molecule has 4 aromatic heterocycles. The van der Waals surface area contributed by atoms with E-state index in [9.17, 15) is 4.79 Å². The van der Waals surface area contributed by atoms with Crippen LogP contribution in [0.15, 0.2) is 84.2 Å². The second-order valence-corrected chi connectivity index (χ2v) is 9.99. The summed E-state index contributed by atoms with van der Waals surface area (Å²) in [5, 5.41) is 8.56. The van der Waals surface area contributed by atoms with Crippen molar-refractivity contribution in [3.63, 3.8) is 0 Å². The highest BCUT2D eigenvalue weighted by atomic mass is 16.1. The fraction of sp³-hybridized carbons (Fsp3) is 0.200. The first-order chi connectivity index (χ1) is 19.1. The average Bonchev–Trinajstić information content (AvgIpc) is 3.54. The molecule has 0 bridgehead atoms. The maximum absolute atomic E-state index is 13.5. The Hall–Kier alpha value is -4.76. The number of aryl methyl sites for hydroxylation is 2. The van der Waals surface area contributed by atoms with E-state index >= 15 is 0 Å². The lowest BCUT2D eigenvalue weighted by molar-refractivity contribution is 0.589. The number of anilines is 1. The number of piperazine rings is 1. The highest BCUT2D eigenvalue weighted by Crippen LogP contribution is 2.30. The molecule has 194 valence electrons. The molecule has 2 aromatic carbocycles. The summed E-state index contributed by atoms with van der Waals surface area (Å²) >= 11 is 0. The van der Waals surface area contributed by atoms with Crippen molar-refractivity contribution in [2.75, 3.05) is 31.1 Å². The van der Waals surface area contributed by atoms with Crippen LogP contribution in [-0.2, 0) is 14.1 Å². The Kier molecular flexibility index (Phi) is 5.52. The zero-order valence-corrected chi connectivity index (χ0v) is 21.9. The van der Waals surface area contributed by atoms with Gasteiger partial charge in [0.25, 0.3) is 0 Å². The van der Waals surface area contributed by atoms with Crippen molar-refractivity contribution in [3.05, 3.63) is 89.9 Å². The number of rotatable bonds is 4. The Balaban J connectivity index is 1.33. The molecule has 1 aliphatic rings. The van der Waals surface area contributed by atoms with Gasteiger partial charge in [-0.15, -0.1) is 0 Å². The summed E-state index contributed by atoms with van der Waals surface area (Å²) in [6.45, 7) is 3.91. The van der Waals surface area contributed by atoms with Crippen LogP contribution in [0.2, 0.25) is 0 Å². The van der Waals surface area contributed by atoms with Gasteiger partial charge in [0, 0.05) is 74.9 Å². The Labute approximate surface area is 225 Å². The molecule has 9 heteroatoms. The van der Waals surface area contributed by atoms with Gasteiger partial charge >= 0.3 is 5.69 Å². The monoisotopic (exact) mass is 516 g/mol. The molecule has 1 aliphatic heterocycles. The van der Waals surface area contributed by atoms with E-state index in [-0.39, 0.29) is 5.69 Å². The van der Waals surface area contributed by atoms with E-state index in [4.69, 9.17) is 0 Å². The van der Waals surface area contributed by atoms with Crippen LogP contribution < -0.4 is 15.9 Å². The van der Waals surface area contributed by atoms with Crippen LogP contribution >= 0.6 is 0 Å². The van der Waals surface area contributed by atoms with Gasteiger partial charge in [0.1, 0.15) is 0 Å². The minimum Gasteiger partial charge on any atom is -0.369 e. The van der Waals surface area contributed by atoms with Gasteiger partial charge in [-0.25, -0.2) is 4.79 Å². The zero-order valence-electron chi connectivity index (χ0n) is 21.9. The van der Waals surface area contributed by atoms with Crippen LogP contribution in [0, 0.1) is 0 Å². The molecule has 0 unspecified atom stereocenters. The molecule has 1 N–H and O–H groups in total. The van der Waals surface area contributed by atoms with E-state index in [0.717, 1.165) is 76.2 Å². The first kappa shape index (κ1) is 23.4. The smallest absolute Gasteiger partial charge is 0.333 e. The molecule has 7 rings (SSSR count). The van der Waals surface area contributed by atoms with Gasteiger partial charge in [-0.2, -0.15) is 5.10 Å². The van der Waals surface area contributed by atoms with Crippen molar-refractivity contribution < 1.29 is 0 Å². The molecule has 0 saturated carbocycles. The second-order valence-electron chi connectivity index (χ2n) is 9.99. The van der Waals surface area contributed by atoms with E-state index in [1.807, 2.05) is 49.9 Å². The van der Waals surface area contributed by atoms with E-state index in [1.165, 1.54) is 5.69 Å². The van der Waals surface area contributed by atoms with Crippen molar-refractivity contribution in [2.24, 2.45) is 14.1 Å². The molecule has 39 heavy (non-hydrogen) atoms. The molecular weight excluding hydrogens is 488 g/mol. The van der Waals surface area contributed by atoms with Crippen LogP contribution in [-0.4, -0.2) is 55.1 Å². The third-order valence-corrected chi connectivity index (χ3v) is 7.57. The summed E-state index contributed by atoms with van der Waals surface area (Å²) < 4.78 is 5.24. The second kappa shape index (κ2) is 9.21. The largest absolute Gasteiger partial charge is 0.369 e. The number of pyridine rings is 2. The average molecular weight is 517 g/mol. The van der Waals surface area contributed by atoms with Gasteiger partial charge in [0.15, 0.2) is 0 Å². The lowest BCUT2D eigenvalue weighted by atomic mass is 10.0. The summed E-state index contributed by atoms with van der Waals surface area (Å²) in [6.07, 6.45) is 7.43. The molecule has 0 aliphatic carbocycles. The number of benzene rings is 2. The normalized spacial score (nSPS) is 13.9. The van der Waals surface area contributed by atoms with Crippen molar-refractivity contribution in [3.8, 4) is 28.1 Å². The lowest BCUT2D eigenvalue weighted by Gasteiger charge is -2.29. The third kappa shape index (κ3) is 3.98. The molecule has 0 spiro atoms. The van der Waals surface area contributed by atoms with Gasteiger partial charge in [-0.1, -0.05) is 12.1 Å². The maximum Gasteiger partial charge on any atom is 0.333 e. The topological polar surface area (TPSA) is 85.8 Å². The number of hydrogen-bond donors (Lipinski definition) is 1. The van der Waals surface area contributed by atoms with E-state index in [0.29, 0.717) is 0 Å². The van der Waals surface area contributed by atoms with E-state index < -0.39 is 0 Å². The number of nitrogens with zero attached hydrogens (tertiary/aromatic N) is 7. The predicted molar refractivity (Wildman–Crippen MR) is 154 cm³/mol. The Morgan fingerprint density at radius 1 is 0.795 bits per heavy atom. The van der Waals surface area contributed by atoms with E-state index in [1.54, 1.807) is 27.1 Å². The molecule has 9 nitrogen and oxygen atoms in total. The van der Waals surface area contributed by atoms with Crippen LogP contribution in [0.5, 0.6) is 0 Å². The highest BCUT2D eigenvalue weighted by Gasteiger charge is 2.18. The highest BCUT2D eigenvalue weighted by molar-refractivity contribution is 6.04. The quantitative estimate of drug-likeness (QED) is 0.384. The number of hydrogen-bond acceptors (Lipinski definition) is 6. The molecule has 0 atom stereocenters. The number of fused-ring (bicyclic) bond motifs is 3. The lowest BCUT2D eigenvalue weighted by Crippen LogP contribution is -2.43. The minimum atomic E-state index is -0.0953. The number of nitrogens with one attached hydrogen (secondary N) is 1. The van der Waals surface area contributed by atoms with Gasteiger partial charge in [-0.3, -0.25) is 23.8 Å². The zero-order chi connectivity index (χ0) is 26.5. The fourth-order valence-electron chi connectivity index (χ4n) is 5.44. The number of imidazole rings is 1. The minimum absolute atomic E-state index is 0.0953. The summed E-state index contributed by atoms with van der Waals surface area (Å²) in [5.74, 6) is 0. The van der Waals surface area contributed by atoms with Crippen molar-refractivity contribution in [2.45, 2.75) is 0 Å². The van der Waals surface area contributed by atoms with Gasteiger partial charge < -0.3 is 10.2 Å². The van der Waals surface area contributed by atoms with Crippen LogP contribution in [0.3, 0.4) is 0 Å². The fourth-order valence-corrected chi connectivity index (χ4v) is 5.44. The van der Waals surface area contributed by atoms with E-state index in [2.05, 4.69) is 55.6 Å². The molecule has 1 saturated heterocycles. The number of aromatic nitrogens is 6. The summed E-state index contributed by atoms with van der Waals surface area (Å²) in [4.78, 5) is 25.2. The summed E-state index contributed by atoms with van der Waals surface area (Å²) in [5.41, 5.74) is 8.25. The first-order valence-electron chi connectivity index (χ1n) is 13.1. The van der Waals surface area contributed by atoms with Gasteiger partial charge in [0.2, 0.25) is 0 Å². The summed E-state index contributed by atoms with van der Waals surface area (Å²) in [7, 11) is 3.69. The van der Waals surface area contributed by atoms with Crippen molar-refractivity contribution in [1.82, 2.24) is 34.2 Å². The molecular formula is C30H28N8O. The molecule has 5 heterocycles. The summed E-state index contributed by atoms with van der Waals surface area (Å²) in [6, 6.07) is 18.5. The van der Waals surface area contributed by atoms with Gasteiger partial charge in [0.05, 0.1) is 40.3 Å². The van der Waals surface area contributed by atoms with Crippen molar-refractivity contribution >= 4 is 27.6 Å². The molecule has 0 amide bonds. The third-order valence-electron chi connectivity index (χ3n) is 7.57. The van der Waals surface area contributed by atoms with Crippen LogP contribution in [0.25, 0.3) is 50.0 Å². The maximum atomic E-state index is 13.5. The first-order valence-corrected chi connectivity index (χ1v) is 13.1. The standard InChI is InChI=1S/C30H28N8O/c1-35-19-22(17-34-35)26-9-4-21(16-32-26)20-3-10-27-25(15-20)29-28(18-33-27)36(2)30(39)38(29)24-7-5-23(6-8-24)37-13-11-31-12-14-37/h3-10,15-19,31H,11-14H2,1-2H3. The molecule has 1 fully saturated rings. The Bertz CT molecular complexity index is 1870. The van der Waals surface area contributed by atoms with Crippen molar-refractivity contribution in [1.29, 1.82) is 0 Å². The Morgan fingerprint density at radius 2 is 1.56 bits per heavy atom. The molecule has 6 aromatic rings. The Morgan fingerprint density at radius 3 is 2.28 bits per heavy atom. The van der Waals surface area contributed by atoms with Crippen LogP contribution in [0.1, 0.15) is 0 Å². The predicted octanol–water partition coefficient (Wildman–Crippen LogP) is 3.75. The van der Waals surface area contributed by atoms with Crippen LogP contribution in [0.4, 0.5) is 5.69 Å². The SMILES string of the molecule is Cn1cc(-c2ccc(-c3ccc4ncc5c(c4c3)n(-c3ccc(N4CCNCC4)cc3)c(=O)n5C)cn2)cn1. The van der Waals surface area contributed by atoms with Gasteiger partial charge in [-0.05, 0) is 48.0 Å². The molecule has 0 radical (unpaired) electrons.